The summed E-state index contributed by atoms with van der Waals surface area (Å²) in [5.74, 6) is -0.264. The molecule has 0 bridgehead atoms. The van der Waals surface area contributed by atoms with Gasteiger partial charge in [0.25, 0.3) is 0 Å². The second-order valence-corrected chi connectivity index (χ2v) is 1.83. The Morgan fingerprint density at radius 3 is 2.70 bits per heavy atom. The summed E-state index contributed by atoms with van der Waals surface area (Å²) in [4.78, 5) is 20.3. The standard InChI is InChI=1S/C6H10N2O2/c1-5(2)8-6(10)3-7-4-9/h4H,1,3H2,2H3,(H,7,9)(H,8,10). The van der Waals surface area contributed by atoms with E-state index in [1.807, 2.05) is 0 Å². The number of amides is 2. The van der Waals surface area contributed by atoms with E-state index in [2.05, 4.69) is 17.2 Å². The van der Waals surface area contributed by atoms with Gasteiger partial charge in [-0.2, -0.15) is 0 Å². The predicted molar refractivity (Wildman–Crippen MR) is 37.0 cm³/mol. The molecule has 0 unspecified atom stereocenters. The van der Waals surface area contributed by atoms with Crippen LogP contribution in [0.4, 0.5) is 0 Å². The van der Waals surface area contributed by atoms with Crippen molar-refractivity contribution < 1.29 is 9.59 Å². The molecule has 0 fully saturated rings. The number of hydrogen-bond donors (Lipinski definition) is 2. The van der Waals surface area contributed by atoms with Crippen molar-refractivity contribution in [2.75, 3.05) is 6.54 Å². The predicted octanol–water partition coefficient (Wildman–Crippen LogP) is -0.618. The largest absolute Gasteiger partial charge is 0.350 e. The van der Waals surface area contributed by atoms with Gasteiger partial charge in [-0.25, -0.2) is 0 Å². The number of carbonyl (C=O) groups is 2. The van der Waals surface area contributed by atoms with E-state index < -0.39 is 0 Å². The van der Waals surface area contributed by atoms with Crippen molar-refractivity contribution >= 4 is 12.3 Å². The molecule has 0 aromatic rings. The first-order chi connectivity index (χ1) is 4.66. The van der Waals surface area contributed by atoms with Crippen LogP contribution < -0.4 is 10.6 Å². The van der Waals surface area contributed by atoms with E-state index in [0.29, 0.717) is 12.1 Å². The van der Waals surface area contributed by atoms with Crippen molar-refractivity contribution in [3.8, 4) is 0 Å². The lowest BCUT2D eigenvalue weighted by Gasteiger charge is -2.00. The van der Waals surface area contributed by atoms with Gasteiger partial charge in [0, 0.05) is 5.70 Å². The topological polar surface area (TPSA) is 58.2 Å². The molecule has 0 saturated heterocycles. The molecule has 0 aliphatic carbocycles. The molecule has 0 aromatic carbocycles. The van der Waals surface area contributed by atoms with Crippen molar-refractivity contribution in [2.24, 2.45) is 0 Å². The Morgan fingerprint density at radius 2 is 2.30 bits per heavy atom. The molecule has 4 heteroatoms. The summed E-state index contributed by atoms with van der Waals surface area (Å²) in [7, 11) is 0. The number of carbonyl (C=O) groups excluding carboxylic acids is 2. The Morgan fingerprint density at radius 1 is 1.70 bits per heavy atom. The normalized spacial score (nSPS) is 8.10. The number of nitrogens with one attached hydrogen (secondary N) is 2. The van der Waals surface area contributed by atoms with E-state index in [-0.39, 0.29) is 12.5 Å². The minimum atomic E-state index is -0.264. The summed E-state index contributed by atoms with van der Waals surface area (Å²) in [6.45, 7) is 5.12. The lowest BCUT2D eigenvalue weighted by atomic mass is 10.5. The molecule has 2 amide bonds. The first kappa shape index (κ1) is 8.68. The molecule has 0 atom stereocenters. The van der Waals surface area contributed by atoms with Gasteiger partial charge in [-0.1, -0.05) is 6.58 Å². The first-order valence-corrected chi connectivity index (χ1v) is 2.79. The Kier molecular flexibility index (Phi) is 3.95. The minimum absolute atomic E-state index is 0.00361. The smallest absolute Gasteiger partial charge is 0.243 e. The molecule has 56 valence electrons. The van der Waals surface area contributed by atoms with E-state index >= 15 is 0 Å². The van der Waals surface area contributed by atoms with Crippen LogP contribution in [0.15, 0.2) is 12.3 Å². The molecule has 0 aromatic heterocycles. The van der Waals surface area contributed by atoms with Crippen molar-refractivity contribution in [1.29, 1.82) is 0 Å². The van der Waals surface area contributed by atoms with Gasteiger partial charge in [0.05, 0.1) is 6.54 Å². The van der Waals surface area contributed by atoms with Crippen LogP contribution in [0.5, 0.6) is 0 Å². The fourth-order valence-corrected chi connectivity index (χ4v) is 0.417. The fourth-order valence-electron chi connectivity index (χ4n) is 0.417. The van der Waals surface area contributed by atoms with Crippen molar-refractivity contribution in [3.05, 3.63) is 12.3 Å². The summed E-state index contributed by atoms with van der Waals surface area (Å²) in [5.41, 5.74) is 0.567. The molecular formula is C6H10N2O2. The van der Waals surface area contributed by atoms with Crippen molar-refractivity contribution in [3.63, 3.8) is 0 Å². The second kappa shape index (κ2) is 4.55. The first-order valence-electron chi connectivity index (χ1n) is 2.79. The highest BCUT2D eigenvalue weighted by Crippen LogP contribution is 1.75. The maximum Gasteiger partial charge on any atom is 0.243 e. The molecule has 0 spiro atoms. The maximum absolute atomic E-state index is 10.6. The summed E-state index contributed by atoms with van der Waals surface area (Å²) < 4.78 is 0. The van der Waals surface area contributed by atoms with E-state index in [9.17, 15) is 9.59 Å². The lowest BCUT2D eigenvalue weighted by molar-refractivity contribution is -0.121. The Labute approximate surface area is 59.3 Å². The molecule has 4 nitrogen and oxygen atoms in total. The molecule has 0 aliphatic heterocycles. The SMILES string of the molecule is C=C(C)NC(=O)CNC=O. The highest BCUT2D eigenvalue weighted by atomic mass is 16.2. The van der Waals surface area contributed by atoms with Gasteiger partial charge < -0.3 is 10.6 Å². The van der Waals surface area contributed by atoms with Crippen molar-refractivity contribution in [2.45, 2.75) is 6.92 Å². The second-order valence-electron chi connectivity index (χ2n) is 1.83. The van der Waals surface area contributed by atoms with E-state index in [0.717, 1.165) is 0 Å². The highest BCUT2D eigenvalue weighted by molar-refractivity contribution is 5.81. The molecular weight excluding hydrogens is 132 g/mol. The zero-order valence-corrected chi connectivity index (χ0v) is 5.81. The zero-order valence-electron chi connectivity index (χ0n) is 5.81. The van der Waals surface area contributed by atoms with Crippen LogP contribution in [0, 0.1) is 0 Å². The van der Waals surface area contributed by atoms with Gasteiger partial charge in [0.2, 0.25) is 12.3 Å². The molecule has 0 aliphatic rings. The van der Waals surface area contributed by atoms with Gasteiger partial charge >= 0.3 is 0 Å². The Hall–Kier alpha value is -1.32. The van der Waals surface area contributed by atoms with Crippen molar-refractivity contribution in [1.82, 2.24) is 10.6 Å². The Bertz CT molecular complexity index is 154. The monoisotopic (exact) mass is 142 g/mol. The molecule has 2 N–H and O–H groups in total. The molecule has 0 rings (SSSR count). The van der Waals surface area contributed by atoms with Crippen LogP contribution in [0.1, 0.15) is 6.92 Å². The van der Waals surface area contributed by atoms with Gasteiger partial charge in [0.15, 0.2) is 0 Å². The molecule has 0 radical (unpaired) electrons. The van der Waals surface area contributed by atoms with E-state index in [1.165, 1.54) is 0 Å². The van der Waals surface area contributed by atoms with Gasteiger partial charge in [0.1, 0.15) is 0 Å². The quantitative estimate of drug-likeness (QED) is 0.514. The highest BCUT2D eigenvalue weighted by Gasteiger charge is 1.96. The van der Waals surface area contributed by atoms with E-state index in [1.54, 1.807) is 6.92 Å². The number of rotatable bonds is 4. The van der Waals surface area contributed by atoms with Crippen LogP contribution in [-0.2, 0) is 9.59 Å². The average molecular weight is 142 g/mol. The van der Waals surface area contributed by atoms with Gasteiger partial charge in [-0.3, -0.25) is 9.59 Å². The number of allylic oxidation sites excluding steroid dienone is 1. The zero-order chi connectivity index (χ0) is 7.98. The summed E-state index contributed by atoms with van der Waals surface area (Å²) in [6, 6.07) is 0. The third-order valence-corrected chi connectivity index (χ3v) is 0.699. The third-order valence-electron chi connectivity index (χ3n) is 0.699. The molecule has 10 heavy (non-hydrogen) atoms. The van der Waals surface area contributed by atoms with Crippen LogP contribution in [0.2, 0.25) is 0 Å². The van der Waals surface area contributed by atoms with Crippen LogP contribution in [0.3, 0.4) is 0 Å². The van der Waals surface area contributed by atoms with Crippen LogP contribution in [-0.4, -0.2) is 18.9 Å². The average Bonchev–Trinajstić information content (AvgIpc) is 1.82. The summed E-state index contributed by atoms with van der Waals surface area (Å²) in [6.07, 6.45) is 0.470. The minimum Gasteiger partial charge on any atom is -0.350 e. The van der Waals surface area contributed by atoms with E-state index in [4.69, 9.17) is 0 Å². The van der Waals surface area contributed by atoms with Crippen LogP contribution >= 0.6 is 0 Å². The Balaban J connectivity index is 3.43. The third kappa shape index (κ3) is 4.83. The number of hydrogen-bond acceptors (Lipinski definition) is 2. The lowest BCUT2D eigenvalue weighted by Crippen LogP contribution is -2.31. The molecule has 0 saturated carbocycles. The molecule has 0 heterocycles. The van der Waals surface area contributed by atoms with Gasteiger partial charge in [-0.05, 0) is 6.92 Å². The fraction of sp³-hybridized carbons (Fsp3) is 0.333. The van der Waals surface area contributed by atoms with Crippen LogP contribution in [0.25, 0.3) is 0 Å². The summed E-state index contributed by atoms with van der Waals surface area (Å²) >= 11 is 0. The van der Waals surface area contributed by atoms with Gasteiger partial charge in [-0.15, -0.1) is 0 Å². The maximum atomic E-state index is 10.6. The summed E-state index contributed by atoms with van der Waals surface area (Å²) in [5, 5.41) is 4.64.